The molecular formula is C31H34N4O4. The number of nitrogens with zero attached hydrogens (tertiary/aromatic N) is 2. The molecule has 0 saturated carbocycles. The zero-order valence-corrected chi connectivity index (χ0v) is 22.8. The third-order valence-electron chi connectivity index (χ3n) is 6.23. The van der Waals surface area contributed by atoms with Gasteiger partial charge in [0, 0.05) is 54.6 Å². The molecule has 1 amide bonds. The summed E-state index contributed by atoms with van der Waals surface area (Å²) in [6, 6.07) is 22.6. The molecule has 0 aliphatic carbocycles. The van der Waals surface area contributed by atoms with Gasteiger partial charge in [0.25, 0.3) is 11.7 Å². The van der Waals surface area contributed by atoms with Crippen molar-refractivity contribution in [1.29, 1.82) is 0 Å². The zero-order chi connectivity index (χ0) is 27.8. The number of Topliss-reactive ketones (excluding diaryl/α,β-unsaturated/α-hetero) is 1. The third kappa shape index (κ3) is 7.12. The lowest BCUT2D eigenvalue weighted by Gasteiger charge is -2.13. The minimum atomic E-state index is -0.695. The van der Waals surface area contributed by atoms with Crippen LogP contribution < -0.4 is 15.4 Å². The number of ketones is 1. The van der Waals surface area contributed by atoms with Gasteiger partial charge in [0.15, 0.2) is 0 Å². The molecule has 8 nitrogen and oxygen atoms in total. The number of ether oxygens (including phenoxy) is 2. The second-order valence-corrected chi connectivity index (χ2v) is 9.32. The average Bonchev–Trinajstić information content (AvgIpc) is 3.26. The SMILES string of the molecule is COCCn1c(C)cc(-c2ccccc2)c1C(=O)C(=O)Nc1ccc(NCCOc2cc(C)cc(C)n2)cc1. The highest BCUT2D eigenvalue weighted by Gasteiger charge is 2.26. The standard InChI is InChI=1S/C31H34N4O4/c1-21-18-22(2)33-28(19-21)39-16-14-32-25-10-12-26(13-11-25)34-31(37)30(36)29-27(24-8-6-5-7-9-24)20-23(3)35(29)15-17-38-4/h5-13,18-20,32H,14-17H2,1-4H3,(H,34,37). The van der Waals surface area contributed by atoms with Crippen LogP contribution >= 0.6 is 0 Å². The molecule has 202 valence electrons. The minimum absolute atomic E-state index is 0.352. The zero-order valence-electron chi connectivity index (χ0n) is 22.8. The normalized spacial score (nSPS) is 10.8. The van der Waals surface area contributed by atoms with E-state index in [4.69, 9.17) is 9.47 Å². The lowest BCUT2D eigenvalue weighted by atomic mass is 10.0. The Morgan fingerprint density at radius 3 is 2.31 bits per heavy atom. The van der Waals surface area contributed by atoms with Gasteiger partial charge in [0.05, 0.1) is 6.61 Å². The summed E-state index contributed by atoms with van der Waals surface area (Å²) in [5, 5.41) is 6.03. The van der Waals surface area contributed by atoms with E-state index in [0.717, 1.165) is 33.8 Å². The fourth-order valence-electron chi connectivity index (χ4n) is 4.43. The topological polar surface area (TPSA) is 94.5 Å². The maximum absolute atomic E-state index is 13.4. The summed E-state index contributed by atoms with van der Waals surface area (Å²) in [6.07, 6.45) is 0. The van der Waals surface area contributed by atoms with Crippen LogP contribution in [0.2, 0.25) is 0 Å². The number of carbonyl (C=O) groups excluding carboxylic acids is 2. The average molecular weight is 527 g/mol. The summed E-state index contributed by atoms with van der Waals surface area (Å²) >= 11 is 0. The van der Waals surface area contributed by atoms with E-state index < -0.39 is 11.7 Å². The molecule has 4 aromatic rings. The molecule has 4 rings (SSSR count). The highest BCUT2D eigenvalue weighted by molar-refractivity contribution is 6.47. The fraction of sp³-hybridized carbons (Fsp3) is 0.258. The molecule has 2 aromatic heterocycles. The second-order valence-electron chi connectivity index (χ2n) is 9.32. The van der Waals surface area contributed by atoms with Gasteiger partial charge >= 0.3 is 0 Å². The van der Waals surface area contributed by atoms with Crippen LogP contribution in [0.15, 0.2) is 72.8 Å². The molecule has 0 bridgehead atoms. The van der Waals surface area contributed by atoms with E-state index in [-0.39, 0.29) is 0 Å². The number of carbonyl (C=O) groups is 2. The number of pyridine rings is 1. The van der Waals surface area contributed by atoms with Gasteiger partial charge in [-0.25, -0.2) is 4.98 Å². The van der Waals surface area contributed by atoms with Crippen LogP contribution in [-0.2, 0) is 16.1 Å². The van der Waals surface area contributed by atoms with E-state index in [0.29, 0.717) is 43.6 Å². The summed E-state index contributed by atoms with van der Waals surface area (Å²) < 4.78 is 12.8. The lowest BCUT2D eigenvalue weighted by Crippen LogP contribution is -2.26. The Labute approximate surface area is 229 Å². The molecule has 0 unspecified atom stereocenters. The van der Waals surface area contributed by atoms with Crippen LogP contribution in [0.3, 0.4) is 0 Å². The van der Waals surface area contributed by atoms with Crippen molar-refractivity contribution in [3.8, 4) is 17.0 Å². The first-order valence-corrected chi connectivity index (χ1v) is 12.9. The molecule has 0 aliphatic heterocycles. The molecule has 8 heteroatoms. The number of rotatable bonds is 12. The van der Waals surface area contributed by atoms with E-state index in [1.54, 1.807) is 19.2 Å². The molecule has 0 saturated heterocycles. The maximum Gasteiger partial charge on any atom is 0.298 e. The highest BCUT2D eigenvalue weighted by Crippen LogP contribution is 2.28. The molecule has 2 N–H and O–H groups in total. The number of aryl methyl sites for hydroxylation is 3. The molecule has 39 heavy (non-hydrogen) atoms. The van der Waals surface area contributed by atoms with Gasteiger partial charge in [-0.05, 0) is 68.3 Å². The molecule has 2 heterocycles. The first kappa shape index (κ1) is 27.6. The first-order chi connectivity index (χ1) is 18.9. The van der Waals surface area contributed by atoms with Crippen molar-refractivity contribution >= 4 is 23.1 Å². The predicted molar refractivity (Wildman–Crippen MR) is 154 cm³/mol. The number of aromatic nitrogens is 2. The Balaban J connectivity index is 1.39. The summed E-state index contributed by atoms with van der Waals surface area (Å²) in [7, 11) is 1.61. The van der Waals surface area contributed by atoms with Crippen molar-refractivity contribution in [2.75, 3.05) is 37.5 Å². The van der Waals surface area contributed by atoms with Crippen LogP contribution in [-0.4, -0.2) is 48.1 Å². The molecular weight excluding hydrogens is 492 g/mol. The van der Waals surface area contributed by atoms with Gasteiger partial charge in [-0.2, -0.15) is 0 Å². The van der Waals surface area contributed by atoms with Crippen molar-refractivity contribution < 1.29 is 19.1 Å². The van der Waals surface area contributed by atoms with Crippen LogP contribution in [0.5, 0.6) is 5.88 Å². The number of amides is 1. The van der Waals surface area contributed by atoms with Gasteiger partial charge < -0.3 is 24.7 Å². The molecule has 0 spiro atoms. The largest absolute Gasteiger partial charge is 0.476 e. The molecule has 0 fully saturated rings. The van der Waals surface area contributed by atoms with Crippen molar-refractivity contribution in [1.82, 2.24) is 9.55 Å². The Kier molecular flexibility index (Phi) is 9.12. The Bertz CT molecular complexity index is 1410. The van der Waals surface area contributed by atoms with Crippen molar-refractivity contribution in [2.45, 2.75) is 27.3 Å². The van der Waals surface area contributed by atoms with Crippen LogP contribution in [0.4, 0.5) is 11.4 Å². The number of hydrogen-bond acceptors (Lipinski definition) is 6. The van der Waals surface area contributed by atoms with E-state index in [1.165, 1.54) is 0 Å². The van der Waals surface area contributed by atoms with E-state index in [9.17, 15) is 9.59 Å². The van der Waals surface area contributed by atoms with Crippen molar-refractivity contribution in [3.63, 3.8) is 0 Å². The van der Waals surface area contributed by atoms with Crippen LogP contribution in [0, 0.1) is 20.8 Å². The molecule has 0 radical (unpaired) electrons. The second kappa shape index (κ2) is 12.9. The van der Waals surface area contributed by atoms with Crippen molar-refractivity contribution in [2.24, 2.45) is 0 Å². The van der Waals surface area contributed by atoms with Gasteiger partial charge in [-0.15, -0.1) is 0 Å². The number of nitrogens with one attached hydrogen (secondary N) is 2. The number of methoxy groups -OCH3 is 1. The van der Waals surface area contributed by atoms with Crippen molar-refractivity contribution in [3.05, 3.63) is 95.4 Å². The Morgan fingerprint density at radius 1 is 0.897 bits per heavy atom. The monoisotopic (exact) mass is 526 g/mol. The van der Waals surface area contributed by atoms with E-state index in [2.05, 4.69) is 15.6 Å². The predicted octanol–water partition coefficient (Wildman–Crippen LogP) is 5.43. The first-order valence-electron chi connectivity index (χ1n) is 12.9. The summed E-state index contributed by atoms with van der Waals surface area (Å²) in [4.78, 5) is 30.9. The summed E-state index contributed by atoms with van der Waals surface area (Å²) in [6.45, 7) is 7.79. The van der Waals surface area contributed by atoms with Gasteiger partial charge in [0.2, 0.25) is 5.88 Å². The van der Waals surface area contributed by atoms with Gasteiger partial charge in [-0.3, -0.25) is 9.59 Å². The molecule has 2 aromatic carbocycles. The van der Waals surface area contributed by atoms with Crippen LogP contribution in [0.25, 0.3) is 11.1 Å². The Morgan fingerprint density at radius 2 is 1.62 bits per heavy atom. The summed E-state index contributed by atoms with van der Waals surface area (Å²) in [5.74, 6) is -0.688. The maximum atomic E-state index is 13.4. The third-order valence-corrected chi connectivity index (χ3v) is 6.23. The van der Waals surface area contributed by atoms with Crippen LogP contribution in [0.1, 0.15) is 27.4 Å². The van der Waals surface area contributed by atoms with Gasteiger partial charge in [-0.1, -0.05) is 30.3 Å². The highest BCUT2D eigenvalue weighted by atomic mass is 16.5. The van der Waals surface area contributed by atoms with Gasteiger partial charge in [0.1, 0.15) is 12.3 Å². The van der Waals surface area contributed by atoms with E-state index in [1.807, 2.05) is 86.0 Å². The smallest absolute Gasteiger partial charge is 0.298 e. The number of hydrogen-bond donors (Lipinski definition) is 2. The quantitative estimate of drug-likeness (QED) is 0.145. The lowest BCUT2D eigenvalue weighted by molar-refractivity contribution is -0.112. The number of benzene rings is 2. The Hall–Kier alpha value is -4.43. The fourth-order valence-corrected chi connectivity index (χ4v) is 4.43. The number of anilines is 2. The molecule has 0 atom stereocenters. The van der Waals surface area contributed by atoms with E-state index >= 15 is 0 Å². The minimum Gasteiger partial charge on any atom is -0.476 e. The molecule has 0 aliphatic rings. The summed E-state index contributed by atoms with van der Waals surface area (Å²) in [5.41, 5.74) is 6.26.